The zero-order valence-corrected chi connectivity index (χ0v) is 26.2. The topological polar surface area (TPSA) is 93.3 Å². The van der Waals surface area contributed by atoms with E-state index in [0.29, 0.717) is 54.0 Å². The summed E-state index contributed by atoms with van der Waals surface area (Å²) in [6.07, 6.45) is 6.30. The first kappa shape index (κ1) is 29.0. The third kappa shape index (κ3) is 5.07. The first-order valence-electron chi connectivity index (χ1n) is 15.5. The lowest BCUT2D eigenvalue weighted by Gasteiger charge is -2.40. The maximum absolute atomic E-state index is 16.9. The van der Waals surface area contributed by atoms with Crippen molar-refractivity contribution >= 4 is 51.1 Å². The normalized spacial score (nSPS) is 23.0. The zero-order chi connectivity index (χ0) is 30.7. The lowest BCUT2D eigenvalue weighted by molar-refractivity contribution is -0.126. The molecule has 1 amide bonds. The van der Waals surface area contributed by atoms with Crippen LogP contribution in [-0.2, 0) is 4.79 Å². The van der Waals surface area contributed by atoms with Crippen LogP contribution in [0.4, 0.5) is 16.2 Å². The predicted octanol–water partition coefficient (Wildman–Crippen LogP) is 5.78. The molecule has 2 aliphatic heterocycles. The molecular formula is C33H38ClFN8O. The Labute approximate surface area is 261 Å². The number of rotatable bonds is 6. The number of fused-ring (bicyclic) bond motifs is 2. The van der Waals surface area contributed by atoms with Crippen molar-refractivity contribution in [2.24, 2.45) is 5.92 Å². The molecule has 1 saturated carbocycles. The molecule has 11 heteroatoms. The van der Waals surface area contributed by atoms with Crippen molar-refractivity contribution < 1.29 is 9.18 Å². The second kappa shape index (κ2) is 11.3. The summed E-state index contributed by atoms with van der Waals surface area (Å²) in [6.45, 7) is 13.6. The van der Waals surface area contributed by atoms with E-state index in [0.717, 1.165) is 48.3 Å². The Bertz CT molecular complexity index is 1770. The fraction of sp³-hybridized carbons (Fsp3) is 0.455. The van der Waals surface area contributed by atoms with E-state index in [9.17, 15) is 4.79 Å². The number of nitrogens with one attached hydrogen (secondary N) is 2. The first-order chi connectivity index (χ1) is 21.2. The van der Waals surface area contributed by atoms with Crippen LogP contribution in [0.25, 0.3) is 32.9 Å². The highest BCUT2D eigenvalue weighted by atomic mass is 35.5. The summed E-state index contributed by atoms with van der Waals surface area (Å²) < 4.78 is 16.9. The molecule has 2 N–H and O–H groups in total. The molecule has 2 aromatic heterocycles. The summed E-state index contributed by atoms with van der Waals surface area (Å²) in [5.41, 5.74) is 2.92. The van der Waals surface area contributed by atoms with Crippen molar-refractivity contribution in [3.8, 4) is 11.1 Å². The van der Waals surface area contributed by atoms with Gasteiger partial charge < -0.3 is 15.1 Å². The number of benzene rings is 2. The Balaban J connectivity index is 1.31. The minimum Gasteiger partial charge on any atom is -0.351 e. The number of anilines is 2. The summed E-state index contributed by atoms with van der Waals surface area (Å²) in [5, 5.41) is 12.4. The van der Waals surface area contributed by atoms with E-state index in [-0.39, 0.29) is 28.5 Å². The number of H-pyrrole nitrogens is 1. The average Bonchev–Trinajstić information content (AvgIpc) is 3.55. The van der Waals surface area contributed by atoms with Gasteiger partial charge in [0.1, 0.15) is 11.3 Å². The molecular weight excluding hydrogens is 579 g/mol. The third-order valence-electron chi connectivity index (χ3n) is 9.73. The lowest BCUT2D eigenvalue weighted by Crippen LogP contribution is -2.53. The average molecular weight is 617 g/mol. The second-order valence-corrected chi connectivity index (χ2v) is 13.1. The monoisotopic (exact) mass is 616 g/mol. The molecule has 7 rings (SSSR count). The van der Waals surface area contributed by atoms with Gasteiger partial charge in [0, 0.05) is 72.7 Å². The number of piperidine rings is 1. The van der Waals surface area contributed by atoms with Gasteiger partial charge in [-0.05, 0) is 62.8 Å². The van der Waals surface area contributed by atoms with Crippen molar-refractivity contribution in [2.45, 2.75) is 58.2 Å². The molecule has 0 bridgehead atoms. The maximum atomic E-state index is 16.9. The number of carbonyl (C=O) groups excluding carboxylic acids is 1. The Morgan fingerprint density at radius 1 is 1.14 bits per heavy atom. The highest BCUT2D eigenvalue weighted by Crippen LogP contribution is 2.43. The van der Waals surface area contributed by atoms with Crippen molar-refractivity contribution in [3.63, 3.8) is 0 Å². The summed E-state index contributed by atoms with van der Waals surface area (Å²) in [5.74, 6) is 1.23. The molecule has 4 aromatic rings. The van der Waals surface area contributed by atoms with Gasteiger partial charge in [0.15, 0.2) is 5.82 Å². The number of hydrogen-bond acceptors (Lipinski definition) is 7. The van der Waals surface area contributed by atoms with E-state index in [4.69, 9.17) is 21.6 Å². The largest absolute Gasteiger partial charge is 0.351 e. The second-order valence-electron chi connectivity index (χ2n) is 12.7. The van der Waals surface area contributed by atoms with Crippen molar-refractivity contribution in [2.75, 3.05) is 42.9 Å². The Kier molecular flexibility index (Phi) is 7.45. The molecule has 2 aromatic carbocycles. The van der Waals surface area contributed by atoms with Crippen LogP contribution in [0.15, 0.2) is 37.1 Å². The number of amides is 1. The molecule has 3 aliphatic rings. The molecule has 9 nitrogen and oxygen atoms in total. The third-order valence-corrected chi connectivity index (χ3v) is 10.0. The van der Waals surface area contributed by atoms with Crippen LogP contribution in [0.2, 0.25) is 5.02 Å². The van der Waals surface area contributed by atoms with Gasteiger partial charge in [-0.2, -0.15) is 10.1 Å². The molecule has 3 atom stereocenters. The highest BCUT2D eigenvalue weighted by Gasteiger charge is 2.39. The van der Waals surface area contributed by atoms with Crippen LogP contribution >= 0.6 is 11.6 Å². The Hall–Kier alpha value is -3.76. The van der Waals surface area contributed by atoms with Crippen LogP contribution in [0, 0.1) is 18.7 Å². The van der Waals surface area contributed by atoms with Crippen LogP contribution in [0.5, 0.6) is 0 Å². The minimum absolute atomic E-state index is 0.0641. The number of halogens is 2. The number of piperazine rings is 1. The molecule has 2 unspecified atom stereocenters. The fourth-order valence-corrected chi connectivity index (χ4v) is 7.41. The quantitative estimate of drug-likeness (QED) is 0.265. The Morgan fingerprint density at radius 2 is 1.91 bits per heavy atom. The van der Waals surface area contributed by atoms with Crippen LogP contribution < -0.4 is 10.2 Å². The lowest BCUT2D eigenvalue weighted by atomic mass is 9.95. The van der Waals surface area contributed by atoms with Gasteiger partial charge in [-0.3, -0.25) is 14.8 Å². The van der Waals surface area contributed by atoms with E-state index in [2.05, 4.69) is 38.8 Å². The number of aromatic amines is 1. The van der Waals surface area contributed by atoms with E-state index in [1.165, 1.54) is 12.5 Å². The van der Waals surface area contributed by atoms with Gasteiger partial charge in [0.05, 0.1) is 16.7 Å². The van der Waals surface area contributed by atoms with Gasteiger partial charge in [-0.15, -0.1) is 0 Å². The molecule has 0 spiro atoms. The fourth-order valence-electron chi connectivity index (χ4n) is 7.12. The molecule has 2 saturated heterocycles. The van der Waals surface area contributed by atoms with Gasteiger partial charge in [-0.25, -0.2) is 9.37 Å². The maximum Gasteiger partial charge on any atom is 0.246 e. The first-order valence-corrected chi connectivity index (χ1v) is 15.9. The van der Waals surface area contributed by atoms with Gasteiger partial charge in [0.25, 0.3) is 0 Å². The van der Waals surface area contributed by atoms with Gasteiger partial charge >= 0.3 is 0 Å². The van der Waals surface area contributed by atoms with E-state index >= 15 is 4.39 Å². The summed E-state index contributed by atoms with van der Waals surface area (Å²) >= 11 is 6.93. The number of carbonyl (C=O) groups is 1. The summed E-state index contributed by atoms with van der Waals surface area (Å²) in [7, 11) is 0. The smallest absolute Gasteiger partial charge is 0.246 e. The van der Waals surface area contributed by atoms with Gasteiger partial charge in [0.2, 0.25) is 11.9 Å². The number of nitrogens with zero attached hydrogens (tertiary/aromatic N) is 6. The molecule has 3 fully saturated rings. The van der Waals surface area contributed by atoms with Crippen LogP contribution in [0.1, 0.15) is 38.7 Å². The number of aromatic nitrogens is 4. The van der Waals surface area contributed by atoms with Crippen LogP contribution in [0.3, 0.4) is 0 Å². The predicted molar refractivity (Wildman–Crippen MR) is 174 cm³/mol. The minimum atomic E-state index is -0.485. The number of likely N-dealkylation sites (tertiary alicyclic amines) is 1. The standard InChI is InChI=1S/C33H38ClFN8O/c1-5-27(44)42-12-13-43(20(4)17-42)32-22-15-24(34)29(28-18(2)6-7-25-23(28)16-36-40-25)30(35)31(22)38-33(39-32)37-21-8-10-41(11-9-21)26-14-19(26)3/h5-7,15-16,19-21,26H,1,8-14,17H2,2-4H3,(H,36,40)(H,37,38,39)/t19?,20-,26?/m0/s1. The van der Waals surface area contributed by atoms with Crippen LogP contribution in [-0.4, -0.2) is 86.7 Å². The SMILES string of the molecule is C=CC(=O)N1CCN(c2nc(NC3CCN(C4CC4C)CC3)nc3c(F)c(-c4c(C)ccc5[nH]ncc45)c(Cl)cc23)[C@@H](C)C1. The van der Waals surface area contributed by atoms with Gasteiger partial charge in [-0.1, -0.05) is 31.2 Å². The number of hydrogen-bond donors (Lipinski definition) is 2. The van der Waals surface area contributed by atoms with Crippen molar-refractivity contribution in [1.29, 1.82) is 0 Å². The van der Waals surface area contributed by atoms with Crippen molar-refractivity contribution in [1.82, 2.24) is 30.0 Å². The molecule has 44 heavy (non-hydrogen) atoms. The van der Waals surface area contributed by atoms with E-state index in [1.54, 1.807) is 17.2 Å². The molecule has 0 radical (unpaired) electrons. The van der Waals surface area contributed by atoms with E-state index in [1.807, 2.05) is 26.0 Å². The molecule has 230 valence electrons. The van der Waals surface area contributed by atoms with Crippen molar-refractivity contribution in [3.05, 3.63) is 53.5 Å². The molecule has 4 heterocycles. The Morgan fingerprint density at radius 3 is 2.61 bits per heavy atom. The van der Waals surface area contributed by atoms with E-state index < -0.39 is 5.82 Å². The zero-order valence-electron chi connectivity index (χ0n) is 25.4. The summed E-state index contributed by atoms with van der Waals surface area (Å²) in [6, 6.07) is 6.51. The summed E-state index contributed by atoms with van der Waals surface area (Å²) in [4.78, 5) is 28.7. The number of aryl methyl sites for hydroxylation is 1. The highest BCUT2D eigenvalue weighted by molar-refractivity contribution is 6.35. The molecule has 1 aliphatic carbocycles.